The van der Waals surface area contributed by atoms with Crippen LogP contribution in [0.4, 0.5) is 0 Å². The zero-order valence-corrected chi connectivity index (χ0v) is 11.9. The van der Waals surface area contributed by atoms with Crippen LogP contribution in [0, 0.1) is 0 Å². The number of hydrogen-bond donors (Lipinski definition) is 1. The minimum absolute atomic E-state index is 0.140. The van der Waals surface area contributed by atoms with Crippen molar-refractivity contribution in [2.75, 3.05) is 0 Å². The van der Waals surface area contributed by atoms with Gasteiger partial charge in [-0.15, -0.1) is 0 Å². The molecule has 6 nitrogen and oxygen atoms in total. The van der Waals surface area contributed by atoms with Crippen molar-refractivity contribution in [2.45, 2.75) is 18.9 Å². The van der Waals surface area contributed by atoms with Crippen LogP contribution >= 0.6 is 0 Å². The van der Waals surface area contributed by atoms with E-state index >= 15 is 0 Å². The predicted octanol–water partition coefficient (Wildman–Crippen LogP) is 1.63. The van der Waals surface area contributed by atoms with E-state index in [0.29, 0.717) is 0 Å². The number of imidazole rings is 1. The van der Waals surface area contributed by atoms with E-state index in [2.05, 4.69) is 15.2 Å². The van der Waals surface area contributed by atoms with E-state index in [4.69, 9.17) is 5.73 Å². The van der Waals surface area contributed by atoms with Crippen LogP contribution in [0.15, 0.2) is 48.9 Å². The molecule has 0 saturated carbocycles. The van der Waals surface area contributed by atoms with Crippen molar-refractivity contribution < 1.29 is 0 Å². The molecule has 1 unspecified atom stereocenters. The first-order valence-corrected chi connectivity index (χ1v) is 6.93. The smallest absolute Gasteiger partial charge is 0.108 e. The van der Waals surface area contributed by atoms with E-state index in [0.717, 1.165) is 30.0 Å². The summed E-state index contributed by atoms with van der Waals surface area (Å²) in [6.45, 7) is 0. The third-order valence-corrected chi connectivity index (χ3v) is 3.48. The highest BCUT2D eigenvalue weighted by Crippen LogP contribution is 2.14. The summed E-state index contributed by atoms with van der Waals surface area (Å²) < 4.78 is 2.01. The van der Waals surface area contributed by atoms with Crippen LogP contribution in [-0.2, 0) is 13.5 Å². The minimum Gasteiger partial charge on any atom is -0.338 e. The van der Waals surface area contributed by atoms with Gasteiger partial charge in [-0.05, 0) is 18.6 Å². The predicted molar refractivity (Wildman–Crippen MR) is 79.8 cm³/mol. The number of aromatic nitrogens is 5. The average molecular weight is 282 g/mol. The van der Waals surface area contributed by atoms with Gasteiger partial charge in [0, 0.05) is 25.9 Å². The molecule has 0 aliphatic carbocycles. The van der Waals surface area contributed by atoms with E-state index in [9.17, 15) is 0 Å². The third kappa shape index (κ3) is 3.00. The number of para-hydroxylation sites is 1. The van der Waals surface area contributed by atoms with Gasteiger partial charge < -0.3 is 10.3 Å². The number of nitrogens with zero attached hydrogens (tertiary/aromatic N) is 5. The Hall–Kier alpha value is -2.47. The maximum Gasteiger partial charge on any atom is 0.108 e. The summed E-state index contributed by atoms with van der Waals surface area (Å²) in [7, 11) is 1.99. The lowest BCUT2D eigenvalue weighted by Gasteiger charge is -2.08. The fourth-order valence-corrected chi connectivity index (χ4v) is 2.20. The number of hydrogen-bond acceptors (Lipinski definition) is 4. The van der Waals surface area contributed by atoms with Crippen molar-refractivity contribution in [3.8, 4) is 5.69 Å². The Kier molecular flexibility index (Phi) is 3.79. The highest BCUT2D eigenvalue weighted by Gasteiger charge is 2.12. The molecule has 3 rings (SSSR count). The zero-order valence-electron chi connectivity index (χ0n) is 11.9. The van der Waals surface area contributed by atoms with Crippen molar-refractivity contribution in [1.29, 1.82) is 0 Å². The first kappa shape index (κ1) is 13.5. The van der Waals surface area contributed by atoms with Crippen molar-refractivity contribution in [2.24, 2.45) is 12.8 Å². The molecule has 21 heavy (non-hydrogen) atoms. The van der Waals surface area contributed by atoms with Gasteiger partial charge in [-0.1, -0.05) is 18.2 Å². The van der Waals surface area contributed by atoms with Crippen molar-refractivity contribution >= 4 is 0 Å². The third-order valence-electron chi connectivity index (χ3n) is 3.48. The molecule has 0 spiro atoms. The topological polar surface area (TPSA) is 74.6 Å². The highest BCUT2D eigenvalue weighted by atomic mass is 15.5. The second-order valence-corrected chi connectivity index (χ2v) is 4.99. The monoisotopic (exact) mass is 282 g/mol. The van der Waals surface area contributed by atoms with Gasteiger partial charge >= 0.3 is 0 Å². The first-order chi connectivity index (χ1) is 10.2. The summed E-state index contributed by atoms with van der Waals surface area (Å²) in [5.41, 5.74) is 7.93. The largest absolute Gasteiger partial charge is 0.338 e. The first-order valence-electron chi connectivity index (χ1n) is 6.93. The van der Waals surface area contributed by atoms with E-state index in [1.165, 1.54) is 0 Å². The van der Waals surface area contributed by atoms with E-state index < -0.39 is 0 Å². The maximum absolute atomic E-state index is 6.20. The molecule has 0 saturated heterocycles. The summed E-state index contributed by atoms with van der Waals surface area (Å²) in [6, 6.07) is 9.66. The van der Waals surface area contributed by atoms with Crippen molar-refractivity contribution in [3.05, 3.63) is 60.4 Å². The lowest BCUT2D eigenvalue weighted by atomic mass is 10.1. The van der Waals surface area contributed by atoms with Crippen LogP contribution in [0.25, 0.3) is 5.69 Å². The summed E-state index contributed by atoms with van der Waals surface area (Å²) in [4.78, 5) is 5.91. The quantitative estimate of drug-likeness (QED) is 0.772. The van der Waals surface area contributed by atoms with Crippen LogP contribution in [0.3, 0.4) is 0 Å². The molecular weight excluding hydrogens is 264 g/mol. The molecule has 2 aromatic heterocycles. The second kappa shape index (κ2) is 5.88. The maximum atomic E-state index is 6.20. The Morgan fingerprint density at radius 3 is 2.76 bits per heavy atom. The second-order valence-electron chi connectivity index (χ2n) is 4.99. The van der Waals surface area contributed by atoms with Crippen LogP contribution in [-0.4, -0.2) is 24.5 Å². The molecule has 0 aliphatic rings. The van der Waals surface area contributed by atoms with E-state index in [1.807, 2.05) is 48.1 Å². The Labute approximate surface area is 123 Å². The van der Waals surface area contributed by atoms with Gasteiger partial charge in [-0.2, -0.15) is 15.0 Å². The number of nitrogens with two attached hydrogens (primary N) is 1. The normalized spacial score (nSPS) is 12.5. The Balaban J connectivity index is 1.67. The number of benzene rings is 1. The van der Waals surface area contributed by atoms with Gasteiger partial charge in [0.05, 0.1) is 23.6 Å². The van der Waals surface area contributed by atoms with E-state index in [-0.39, 0.29) is 6.04 Å². The molecule has 0 bridgehead atoms. The molecule has 6 heteroatoms. The van der Waals surface area contributed by atoms with Gasteiger partial charge in [0.2, 0.25) is 0 Å². The number of aryl methyl sites for hydroxylation is 2. The fraction of sp³-hybridized carbons (Fsp3) is 0.267. The molecule has 0 fully saturated rings. The van der Waals surface area contributed by atoms with Gasteiger partial charge in [0.25, 0.3) is 0 Å². The molecule has 108 valence electrons. The molecule has 1 atom stereocenters. The Morgan fingerprint density at radius 1 is 1.24 bits per heavy atom. The van der Waals surface area contributed by atoms with Gasteiger partial charge in [-0.25, -0.2) is 4.98 Å². The summed E-state index contributed by atoms with van der Waals surface area (Å²) in [5, 5.41) is 8.73. The summed E-state index contributed by atoms with van der Waals surface area (Å²) in [6.07, 6.45) is 7.08. The molecule has 2 heterocycles. The molecule has 3 aromatic rings. The summed E-state index contributed by atoms with van der Waals surface area (Å²) in [5.74, 6) is 1.03. The molecule has 0 radical (unpaired) electrons. The SMILES string of the molecule is Cn1ccnc1CCC(N)c1cnn(-c2ccccc2)n1. The molecule has 1 aromatic carbocycles. The average Bonchev–Trinajstić information content (AvgIpc) is 3.15. The van der Waals surface area contributed by atoms with Crippen LogP contribution in [0.5, 0.6) is 0 Å². The fourth-order valence-electron chi connectivity index (χ4n) is 2.20. The van der Waals surface area contributed by atoms with Crippen molar-refractivity contribution in [3.63, 3.8) is 0 Å². The van der Waals surface area contributed by atoms with Gasteiger partial charge in [0.1, 0.15) is 5.82 Å². The van der Waals surface area contributed by atoms with Crippen LogP contribution in [0.1, 0.15) is 24.0 Å². The minimum atomic E-state index is -0.140. The lowest BCUT2D eigenvalue weighted by molar-refractivity contribution is 0.598. The molecule has 2 N–H and O–H groups in total. The lowest BCUT2D eigenvalue weighted by Crippen LogP contribution is -2.13. The Bertz CT molecular complexity index is 700. The number of rotatable bonds is 5. The molecule has 0 amide bonds. The van der Waals surface area contributed by atoms with Crippen LogP contribution in [0.2, 0.25) is 0 Å². The Morgan fingerprint density at radius 2 is 2.05 bits per heavy atom. The molecular formula is C15H18N6. The van der Waals surface area contributed by atoms with Gasteiger partial charge in [-0.3, -0.25) is 0 Å². The van der Waals surface area contributed by atoms with Gasteiger partial charge in [0.15, 0.2) is 0 Å². The van der Waals surface area contributed by atoms with Crippen LogP contribution < -0.4 is 5.73 Å². The molecule has 0 aliphatic heterocycles. The summed E-state index contributed by atoms with van der Waals surface area (Å²) >= 11 is 0. The van der Waals surface area contributed by atoms with E-state index in [1.54, 1.807) is 17.2 Å². The standard InChI is InChI=1S/C15H18N6/c1-20-10-9-17-15(20)8-7-13(16)14-11-18-21(19-14)12-5-3-2-4-6-12/h2-6,9-11,13H,7-8,16H2,1H3. The zero-order chi connectivity index (χ0) is 14.7. The van der Waals surface area contributed by atoms with Crippen molar-refractivity contribution in [1.82, 2.24) is 24.5 Å². The highest BCUT2D eigenvalue weighted by molar-refractivity contribution is 5.28.